The number of carbonyl (C=O) groups excluding carboxylic acids is 2. The molecule has 0 unspecified atom stereocenters. The summed E-state index contributed by atoms with van der Waals surface area (Å²) in [7, 11) is 0. The molecule has 1 rings (SSSR count). The average molecular weight is 345 g/mol. The number of nitrogens with zero attached hydrogens (tertiary/aromatic N) is 1. The normalized spacial score (nSPS) is 10.5. The molecule has 0 aliphatic rings. The molecule has 20 heavy (non-hydrogen) atoms. The number of likely N-dealkylation sites (N-methyl/N-ethyl adjacent to an activating group) is 1. The number of benzene rings is 1. The summed E-state index contributed by atoms with van der Waals surface area (Å²) >= 11 is 3.04. The highest BCUT2D eigenvalue weighted by molar-refractivity contribution is 9.10. The van der Waals surface area contributed by atoms with Crippen LogP contribution in [0, 0.1) is 5.82 Å². The molecule has 0 fully saturated rings. The van der Waals surface area contributed by atoms with E-state index in [0.717, 1.165) is 0 Å². The minimum absolute atomic E-state index is 0.00101. The third-order valence-corrected chi connectivity index (χ3v) is 3.25. The molecule has 0 saturated carbocycles. The first-order valence-electron chi connectivity index (χ1n) is 6.39. The Bertz CT molecular complexity index is 506. The molecule has 1 aromatic carbocycles. The van der Waals surface area contributed by atoms with E-state index in [9.17, 15) is 14.0 Å². The highest BCUT2D eigenvalue weighted by atomic mass is 79.9. The Morgan fingerprint density at radius 3 is 2.60 bits per heavy atom. The van der Waals surface area contributed by atoms with Crippen molar-refractivity contribution in [1.29, 1.82) is 0 Å². The molecule has 1 aromatic rings. The van der Waals surface area contributed by atoms with Gasteiger partial charge in [-0.1, -0.05) is 6.07 Å². The zero-order valence-electron chi connectivity index (χ0n) is 11.7. The molecule has 2 amide bonds. The number of hydrogen-bond donors (Lipinski definition) is 1. The molecule has 0 heterocycles. The third kappa shape index (κ3) is 4.30. The van der Waals surface area contributed by atoms with Crippen molar-refractivity contribution in [3.63, 3.8) is 0 Å². The molecule has 0 radical (unpaired) electrons. The molecule has 4 nitrogen and oxygen atoms in total. The Balaban J connectivity index is 2.87. The van der Waals surface area contributed by atoms with Crippen LogP contribution in [0.5, 0.6) is 0 Å². The Labute approximate surface area is 126 Å². The molecule has 6 heteroatoms. The molecule has 0 aliphatic heterocycles. The van der Waals surface area contributed by atoms with E-state index in [1.54, 1.807) is 13.0 Å². The summed E-state index contributed by atoms with van der Waals surface area (Å²) in [6.07, 6.45) is 0. The van der Waals surface area contributed by atoms with Gasteiger partial charge in [-0.05, 0) is 48.8 Å². The largest absolute Gasteiger partial charge is 0.352 e. The number of amides is 2. The van der Waals surface area contributed by atoms with Crippen LogP contribution in [0.1, 0.15) is 31.1 Å². The lowest BCUT2D eigenvalue weighted by atomic mass is 10.2. The second-order valence-electron chi connectivity index (χ2n) is 4.64. The van der Waals surface area contributed by atoms with E-state index in [-0.39, 0.29) is 28.5 Å². The fourth-order valence-electron chi connectivity index (χ4n) is 1.71. The van der Waals surface area contributed by atoms with E-state index in [1.807, 2.05) is 13.8 Å². The van der Waals surface area contributed by atoms with Gasteiger partial charge in [0.15, 0.2) is 0 Å². The lowest BCUT2D eigenvalue weighted by Crippen LogP contribution is -2.42. The van der Waals surface area contributed by atoms with Crippen LogP contribution in [0.2, 0.25) is 0 Å². The Kier molecular flexibility index (Phi) is 6.13. The van der Waals surface area contributed by atoms with Crippen molar-refractivity contribution < 1.29 is 14.0 Å². The smallest absolute Gasteiger partial charge is 0.257 e. The summed E-state index contributed by atoms with van der Waals surface area (Å²) in [6, 6.07) is 4.51. The van der Waals surface area contributed by atoms with Gasteiger partial charge in [-0.2, -0.15) is 0 Å². The number of nitrogens with one attached hydrogen (secondary N) is 1. The van der Waals surface area contributed by atoms with E-state index in [4.69, 9.17) is 0 Å². The molecule has 0 aliphatic carbocycles. The lowest BCUT2D eigenvalue weighted by Gasteiger charge is -2.21. The van der Waals surface area contributed by atoms with Crippen molar-refractivity contribution >= 4 is 27.7 Å². The SMILES string of the molecule is CCN(CC(=O)NC(C)C)C(=O)c1cccc(Br)c1F. The van der Waals surface area contributed by atoms with E-state index in [1.165, 1.54) is 17.0 Å². The zero-order chi connectivity index (χ0) is 15.3. The maximum absolute atomic E-state index is 13.9. The summed E-state index contributed by atoms with van der Waals surface area (Å²) < 4.78 is 14.1. The van der Waals surface area contributed by atoms with Gasteiger partial charge in [-0.3, -0.25) is 9.59 Å². The maximum Gasteiger partial charge on any atom is 0.257 e. The second-order valence-corrected chi connectivity index (χ2v) is 5.50. The standard InChI is InChI=1S/C14H18BrFN2O2/c1-4-18(8-12(19)17-9(2)3)14(20)10-6-5-7-11(15)13(10)16/h5-7,9H,4,8H2,1-3H3,(H,17,19). The van der Waals surface area contributed by atoms with Crippen molar-refractivity contribution in [1.82, 2.24) is 10.2 Å². The second kappa shape index (κ2) is 7.38. The van der Waals surface area contributed by atoms with Gasteiger partial charge >= 0.3 is 0 Å². The van der Waals surface area contributed by atoms with E-state index in [2.05, 4.69) is 21.2 Å². The predicted molar refractivity (Wildman–Crippen MR) is 79.0 cm³/mol. The molecular formula is C14H18BrFN2O2. The molecule has 1 N–H and O–H groups in total. The van der Waals surface area contributed by atoms with Gasteiger partial charge < -0.3 is 10.2 Å². The third-order valence-electron chi connectivity index (χ3n) is 2.64. The highest BCUT2D eigenvalue weighted by Gasteiger charge is 2.21. The first-order valence-corrected chi connectivity index (χ1v) is 7.18. The number of carbonyl (C=O) groups is 2. The summed E-state index contributed by atoms with van der Waals surface area (Å²) in [5.41, 5.74) is -0.0430. The predicted octanol–water partition coefficient (Wildman–Crippen LogP) is 2.57. The van der Waals surface area contributed by atoms with Crippen LogP contribution in [0.25, 0.3) is 0 Å². The van der Waals surface area contributed by atoms with Gasteiger partial charge in [0, 0.05) is 12.6 Å². The van der Waals surface area contributed by atoms with Crippen molar-refractivity contribution in [3.05, 3.63) is 34.1 Å². The zero-order valence-corrected chi connectivity index (χ0v) is 13.3. The molecule has 110 valence electrons. The number of halogens is 2. The fraction of sp³-hybridized carbons (Fsp3) is 0.429. The van der Waals surface area contributed by atoms with Crippen LogP contribution in [-0.4, -0.2) is 35.8 Å². The molecule has 0 bridgehead atoms. The summed E-state index contributed by atoms with van der Waals surface area (Å²) in [5.74, 6) is -1.36. The maximum atomic E-state index is 13.9. The van der Waals surface area contributed by atoms with Crippen LogP contribution in [0.4, 0.5) is 4.39 Å². The number of rotatable bonds is 5. The molecule has 0 aromatic heterocycles. The molecule has 0 saturated heterocycles. The minimum Gasteiger partial charge on any atom is -0.352 e. The Hall–Kier alpha value is -1.43. The first kappa shape index (κ1) is 16.6. The minimum atomic E-state index is -0.611. The van der Waals surface area contributed by atoms with Gasteiger partial charge in [0.05, 0.1) is 16.6 Å². The Morgan fingerprint density at radius 1 is 1.40 bits per heavy atom. The van der Waals surface area contributed by atoms with Crippen LogP contribution in [-0.2, 0) is 4.79 Å². The topological polar surface area (TPSA) is 49.4 Å². The lowest BCUT2D eigenvalue weighted by molar-refractivity contribution is -0.122. The van der Waals surface area contributed by atoms with Gasteiger partial charge in [0.2, 0.25) is 5.91 Å². The summed E-state index contributed by atoms with van der Waals surface area (Å²) in [5, 5.41) is 2.70. The first-order chi connectivity index (χ1) is 9.36. The van der Waals surface area contributed by atoms with Gasteiger partial charge in [0.25, 0.3) is 5.91 Å². The van der Waals surface area contributed by atoms with Crippen LogP contribution < -0.4 is 5.32 Å². The van der Waals surface area contributed by atoms with Crippen LogP contribution >= 0.6 is 15.9 Å². The summed E-state index contributed by atoms with van der Waals surface area (Å²) in [6.45, 7) is 5.67. The van der Waals surface area contributed by atoms with Gasteiger partial charge in [-0.25, -0.2) is 4.39 Å². The van der Waals surface area contributed by atoms with Crippen LogP contribution in [0.15, 0.2) is 22.7 Å². The Morgan fingerprint density at radius 2 is 2.05 bits per heavy atom. The van der Waals surface area contributed by atoms with Crippen molar-refractivity contribution in [2.24, 2.45) is 0 Å². The fourth-order valence-corrected chi connectivity index (χ4v) is 2.07. The monoisotopic (exact) mass is 344 g/mol. The van der Waals surface area contributed by atoms with Gasteiger partial charge in [-0.15, -0.1) is 0 Å². The van der Waals surface area contributed by atoms with Gasteiger partial charge in [0.1, 0.15) is 5.82 Å². The molecule has 0 spiro atoms. The highest BCUT2D eigenvalue weighted by Crippen LogP contribution is 2.19. The van der Waals surface area contributed by atoms with E-state index < -0.39 is 11.7 Å². The molecular weight excluding hydrogens is 327 g/mol. The quantitative estimate of drug-likeness (QED) is 0.892. The van der Waals surface area contributed by atoms with Crippen LogP contribution in [0.3, 0.4) is 0 Å². The van der Waals surface area contributed by atoms with Crippen molar-refractivity contribution in [2.75, 3.05) is 13.1 Å². The summed E-state index contributed by atoms with van der Waals surface area (Å²) in [4.78, 5) is 25.3. The van der Waals surface area contributed by atoms with Crippen molar-refractivity contribution in [2.45, 2.75) is 26.8 Å². The van der Waals surface area contributed by atoms with E-state index >= 15 is 0 Å². The van der Waals surface area contributed by atoms with Crippen molar-refractivity contribution in [3.8, 4) is 0 Å². The number of hydrogen-bond acceptors (Lipinski definition) is 2. The average Bonchev–Trinajstić information content (AvgIpc) is 2.37. The van der Waals surface area contributed by atoms with E-state index in [0.29, 0.717) is 6.54 Å². The molecule has 0 atom stereocenters.